The lowest BCUT2D eigenvalue weighted by atomic mass is 9.83. The van der Waals surface area contributed by atoms with Gasteiger partial charge in [-0.15, -0.1) is 11.6 Å². The van der Waals surface area contributed by atoms with Crippen LogP contribution in [0, 0.1) is 11.8 Å². The number of rotatable bonds is 4. The first kappa shape index (κ1) is 11.3. The van der Waals surface area contributed by atoms with Crippen molar-refractivity contribution < 1.29 is 0 Å². The van der Waals surface area contributed by atoms with E-state index in [-0.39, 0.29) is 4.87 Å². The standard InChI is InChI=1S/C10H21Cl/c1-6-7-8(2)9(3)10(4,5)11/h8-9H,6-7H2,1-5H3. The molecule has 0 aromatic rings. The van der Waals surface area contributed by atoms with Crippen LogP contribution in [-0.4, -0.2) is 4.87 Å². The van der Waals surface area contributed by atoms with E-state index in [1.807, 2.05) is 0 Å². The van der Waals surface area contributed by atoms with E-state index in [4.69, 9.17) is 11.6 Å². The second-order valence-corrected chi connectivity index (χ2v) is 5.09. The van der Waals surface area contributed by atoms with Crippen molar-refractivity contribution >= 4 is 11.6 Å². The molecule has 0 aliphatic heterocycles. The summed E-state index contributed by atoms with van der Waals surface area (Å²) >= 11 is 6.21. The smallest absolute Gasteiger partial charge is 0.0418 e. The number of hydrogen-bond acceptors (Lipinski definition) is 0. The van der Waals surface area contributed by atoms with Gasteiger partial charge in [0.15, 0.2) is 0 Å². The van der Waals surface area contributed by atoms with Gasteiger partial charge >= 0.3 is 0 Å². The van der Waals surface area contributed by atoms with Crippen molar-refractivity contribution in [3.63, 3.8) is 0 Å². The SMILES string of the molecule is CCCC(C)C(C)C(C)(C)Cl. The second kappa shape index (κ2) is 4.35. The quantitative estimate of drug-likeness (QED) is 0.567. The zero-order valence-electron chi connectivity index (χ0n) is 8.45. The number of hydrogen-bond donors (Lipinski definition) is 0. The summed E-state index contributed by atoms with van der Waals surface area (Å²) in [5.74, 6) is 1.34. The van der Waals surface area contributed by atoms with Gasteiger partial charge < -0.3 is 0 Å². The Morgan fingerprint density at radius 1 is 1.27 bits per heavy atom. The van der Waals surface area contributed by atoms with E-state index in [0.29, 0.717) is 5.92 Å². The Balaban J connectivity index is 3.91. The third-order valence-corrected chi connectivity index (χ3v) is 3.02. The van der Waals surface area contributed by atoms with Gasteiger partial charge in [-0.25, -0.2) is 0 Å². The van der Waals surface area contributed by atoms with Crippen LogP contribution in [0.1, 0.15) is 47.5 Å². The summed E-state index contributed by atoms with van der Waals surface area (Å²) in [5, 5.41) is 0. The summed E-state index contributed by atoms with van der Waals surface area (Å²) in [6.07, 6.45) is 2.55. The molecular formula is C10H21Cl. The van der Waals surface area contributed by atoms with Gasteiger partial charge in [0.1, 0.15) is 0 Å². The van der Waals surface area contributed by atoms with Crippen molar-refractivity contribution in [1.82, 2.24) is 0 Å². The van der Waals surface area contributed by atoms with E-state index in [1.54, 1.807) is 0 Å². The molecule has 1 heteroatoms. The van der Waals surface area contributed by atoms with Gasteiger partial charge in [0.25, 0.3) is 0 Å². The first-order valence-electron chi connectivity index (χ1n) is 4.58. The van der Waals surface area contributed by atoms with Crippen LogP contribution in [0.25, 0.3) is 0 Å². The molecule has 0 radical (unpaired) electrons. The highest BCUT2D eigenvalue weighted by molar-refractivity contribution is 6.23. The average molecular weight is 177 g/mol. The highest BCUT2D eigenvalue weighted by Crippen LogP contribution is 2.32. The van der Waals surface area contributed by atoms with Crippen LogP contribution < -0.4 is 0 Å². The molecule has 0 nitrogen and oxygen atoms in total. The van der Waals surface area contributed by atoms with Crippen LogP contribution in [0.5, 0.6) is 0 Å². The topological polar surface area (TPSA) is 0 Å². The van der Waals surface area contributed by atoms with E-state index in [0.717, 1.165) is 5.92 Å². The van der Waals surface area contributed by atoms with E-state index in [9.17, 15) is 0 Å². The summed E-state index contributed by atoms with van der Waals surface area (Å²) in [6, 6.07) is 0. The largest absolute Gasteiger partial charge is 0.120 e. The van der Waals surface area contributed by atoms with Crippen LogP contribution in [0.15, 0.2) is 0 Å². The zero-order valence-corrected chi connectivity index (χ0v) is 9.20. The van der Waals surface area contributed by atoms with Crippen molar-refractivity contribution in [1.29, 1.82) is 0 Å². The highest BCUT2D eigenvalue weighted by atomic mass is 35.5. The maximum Gasteiger partial charge on any atom is 0.0418 e. The lowest BCUT2D eigenvalue weighted by Crippen LogP contribution is -2.27. The van der Waals surface area contributed by atoms with Gasteiger partial charge in [-0.1, -0.05) is 33.6 Å². The zero-order chi connectivity index (χ0) is 9.07. The molecule has 0 bridgehead atoms. The second-order valence-electron chi connectivity index (χ2n) is 4.12. The summed E-state index contributed by atoms with van der Waals surface area (Å²) in [7, 11) is 0. The predicted molar refractivity (Wildman–Crippen MR) is 53.2 cm³/mol. The molecule has 2 unspecified atom stereocenters. The molecule has 0 spiro atoms. The van der Waals surface area contributed by atoms with E-state index < -0.39 is 0 Å². The molecule has 11 heavy (non-hydrogen) atoms. The monoisotopic (exact) mass is 176 g/mol. The summed E-state index contributed by atoms with van der Waals surface area (Å²) in [6.45, 7) is 11.0. The Labute approximate surface area is 76.3 Å². The molecule has 68 valence electrons. The molecule has 0 rings (SSSR count). The Bertz CT molecular complexity index is 102. The fraction of sp³-hybridized carbons (Fsp3) is 1.00. The molecular weight excluding hydrogens is 156 g/mol. The van der Waals surface area contributed by atoms with E-state index in [1.165, 1.54) is 12.8 Å². The Kier molecular flexibility index (Phi) is 4.46. The third kappa shape index (κ3) is 4.00. The molecule has 0 saturated carbocycles. The molecule has 2 atom stereocenters. The Hall–Kier alpha value is 0.290. The average Bonchev–Trinajstić information content (AvgIpc) is 1.85. The Morgan fingerprint density at radius 3 is 2.00 bits per heavy atom. The number of halogens is 1. The lowest BCUT2D eigenvalue weighted by Gasteiger charge is -2.30. The minimum absolute atomic E-state index is 0.0470. The van der Waals surface area contributed by atoms with Crippen LogP contribution in [0.2, 0.25) is 0 Å². The van der Waals surface area contributed by atoms with Crippen molar-refractivity contribution in [2.45, 2.75) is 52.3 Å². The minimum atomic E-state index is -0.0470. The lowest BCUT2D eigenvalue weighted by molar-refractivity contribution is 0.300. The molecule has 0 N–H and O–H groups in total. The molecule has 0 aromatic carbocycles. The maximum absolute atomic E-state index is 6.21. The minimum Gasteiger partial charge on any atom is -0.120 e. The van der Waals surface area contributed by atoms with Crippen molar-refractivity contribution in [2.75, 3.05) is 0 Å². The number of alkyl halides is 1. The van der Waals surface area contributed by atoms with Crippen molar-refractivity contribution in [3.8, 4) is 0 Å². The normalized spacial score (nSPS) is 18.0. The van der Waals surface area contributed by atoms with Crippen LogP contribution >= 0.6 is 11.6 Å². The maximum atomic E-state index is 6.21. The molecule has 0 saturated heterocycles. The Morgan fingerprint density at radius 2 is 1.73 bits per heavy atom. The van der Waals surface area contributed by atoms with Crippen LogP contribution in [0.4, 0.5) is 0 Å². The first-order chi connectivity index (χ1) is 4.89. The van der Waals surface area contributed by atoms with Crippen LogP contribution in [-0.2, 0) is 0 Å². The third-order valence-electron chi connectivity index (χ3n) is 2.68. The van der Waals surface area contributed by atoms with Gasteiger partial charge in [0.2, 0.25) is 0 Å². The molecule has 0 aromatic heterocycles. The van der Waals surface area contributed by atoms with Gasteiger partial charge in [-0.05, 0) is 25.7 Å². The van der Waals surface area contributed by atoms with Gasteiger partial charge in [-0.3, -0.25) is 0 Å². The highest BCUT2D eigenvalue weighted by Gasteiger charge is 2.26. The first-order valence-corrected chi connectivity index (χ1v) is 4.96. The van der Waals surface area contributed by atoms with Gasteiger partial charge in [-0.2, -0.15) is 0 Å². The summed E-state index contributed by atoms with van der Waals surface area (Å²) in [5.41, 5.74) is 0. The predicted octanol–water partition coefficient (Wildman–Crippen LogP) is 4.08. The van der Waals surface area contributed by atoms with Crippen molar-refractivity contribution in [2.24, 2.45) is 11.8 Å². The molecule has 0 aliphatic rings. The summed E-state index contributed by atoms with van der Waals surface area (Å²) in [4.78, 5) is -0.0470. The van der Waals surface area contributed by atoms with E-state index in [2.05, 4.69) is 34.6 Å². The van der Waals surface area contributed by atoms with E-state index >= 15 is 0 Å². The molecule has 0 aliphatic carbocycles. The van der Waals surface area contributed by atoms with Crippen molar-refractivity contribution in [3.05, 3.63) is 0 Å². The molecule has 0 fully saturated rings. The van der Waals surface area contributed by atoms with Gasteiger partial charge in [0.05, 0.1) is 0 Å². The molecule has 0 amide bonds. The van der Waals surface area contributed by atoms with Crippen LogP contribution in [0.3, 0.4) is 0 Å². The molecule has 0 heterocycles. The fourth-order valence-electron chi connectivity index (χ4n) is 1.38. The van der Waals surface area contributed by atoms with Gasteiger partial charge in [0, 0.05) is 4.87 Å². The summed E-state index contributed by atoms with van der Waals surface area (Å²) < 4.78 is 0. The fourth-order valence-corrected chi connectivity index (χ4v) is 1.60.